The van der Waals surface area contributed by atoms with Crippen LogP contribution >= 0.6 is 0 Å². The number of likely N-dealkylation sites (N-methyl/N-ethyl adjacent to an activating group) is 2. The number of amides is 1. The molecule has 6 N–H and O–H groups in total. The van der Waals surface area contributed by atoms with Gasteiger partial charge in [-0.05, 0) is 51.9 Å². The second kappa shape index (κ2) is 9.95. The van der Waals surface area contributed by atoms with Gasteiger partial charge >= 0.3 is 0 Å². The fraction of sp³-hybridized carbons (Fsp3) is 0.536. The molecule has 0 radical (unpaired) electrons. The van der Waals surface area contributed by atoms with Crippen molar-refractivity contribution in [2.24, 2.45) is 17.6 Å². The average Bonchev–Trinajstić information content (AvgIpc) is 3.41. The summed E-state index contributed by atoms with van der Waals surface area (Å²) in [6.07, 6.45) is 0.607. The van der Waals surface area contributed by atoms with E-state index >= 15 is 4.39 Å². The number of benzene rings is 1. The predicted molar refractivity (Wildman–Crippen MR) is 140 cm³/mol. The number of nitrogens with two attached hydrogens (primary N) is 1. The summed E-state index contributed by atoms with van der Waals surface area (Å²) in [5.41, 5.74) is 1.40. The maximum absolute atomic E-state index is 16.0. The Morgan fingerprint density at radius 2 is 1.95 bits per heavy atom. The topological polar surface area (TPSA) is 174 Å². The van der Waals surface area contributed by atoms with Gasteiger partial charge in [-0.3, -0.25) is 24.2 Å². The van der Waals surface area contributed by atoms with Crippen LogP contribution in [-0.4, -0.2) is 99.2 Å². The summed E-state index contributed by atoms with van der Waals surface area (Å²) in [7, 11) is 3.04. The molecule has 1 heterocycles. The zero-order valence-corrected chi connectivity index (χ0v) is 22.6. The van der Waals surface area contributed by atoms with Gasteiger partial charge in [-0.1, -0.05) is 6.92 Å². The Labute approximate surface area is 230 Å². The molecule has 5 atom stereocenters. The summed E-state index contributed by atoms with van der Waals surface area (Å²) in [5.74, 6) is -8.25. The lowest BCUT2D eigenvalue weighted by molar-refractivity contribution is -0.153. The Morgan fingerprint density at radius 1 is 1.25 bits per heavy atom. The van der Waals surface area contributed by atoms with Crippen LogP contribution in [0.3, 0.4) is 0 Å². The molecule has 12 heteroatoms. The molecule has 0 bridgehead atoms. The van der Waals surface area contributed by atoms with Gasteiger partial charge in [0.05, 0.1) is 18.2 Å². The first-order valence-electron chi connectivity index (χ1n) is 13.3. The lowest BCUT2D eigenvalue weighted by atomic mass is 9.57. The van der Waals surface area contributed by atoms with Gasteiger partial charge in [0.2, 0.25) is 5.78 Å². The largest absolute Gasteiger partial charge is 0.508 e. The van der Waals surface area contributed by atoms with E-state index in [2.05, 4.69) is 0 Å². The second-order valence-corrected chi connectivity index (χ2v) is 11.3. The van der Waals surface area contributed by atoms with E-state index in [1.165, 1.54) is 25.1 Å². The standard InChI is InChI=1S/C28H34FN3O8/c1-4-32(14-5-6-40-11-14)10-13-9-17(33)19-15(21(13)29)7-12-8-16-22(31(2)3)24(35)20(27(30)38)26(37)28(16,39)25(36)18(12)23(19)34/h9,12,14,16,22,33-34,37,39H,4-8,10-11H2,1-3H3,(H2,30,38)/t12-,14+,16-,22-,28-/m0/s1. The van der Waals surface area contributed by atoms with Crippen LogP contribution in [0.5, 0.6) is 5.75 Å². The lowest BCUT2D eigenvalue weighted by Crippen LogP contribution is -2.65. The number of nitrogens with zero attached hydrogens (tertiary/aromatic N) is 2. The van der Waals surface area contributed by atoms with Crippen LogP contribution in [0.2, 0.25) is 0 Å². The molecule has 4 aliphatic rings. The first-order chi connectivity index (χ1) is 18.8. The Bertz CT molecular complexity index is 1370. The number of carbonyl (C=O) groups excluding carboxylic acids is 3. The summed E-state index contributed by atoms with van der Waals surface area (Å²) < 4.78 is 21.5. The molecular formula is C28H34FN3O8. The molecule has 5 rings (SSSR count). The fourth-order valence-electron chi connectivity index (χ4n) is 6.99. The van der Waals surface area contributed by atoms with E-state index in [1.54, 1.807) is 0 Å². The molecule has 3 aliphatic carbocycles. The van der Waals surface area contributed by atoms with Crippen LogP contribution in [-0.2, 0) is 32.1 Å². The molecule has 216 valence electrons. The number of aliphatic hydroxyl groups excluding tert-OH is 2. The third-order valence-corrected chi connectivity index (χ3v) is 8.93. The number of primary amides is 1. The van der Waals surface area contributed by atoms with Crippen LogP contribution in [0, 0.1) is 17.7 Å². The zero-order chi connectivity index (χ0) is 29.3. The van der Waals surface area contributed by atoms with Gasteiger partial charge in [0.1, 0.15) is 28.7 Å². The highest BCUT2D eigenvalue weighted by Gasteiger charge is 2.64. The summed E-state index contributed by atoms with van der Waals surface area (Å²) in [6, 6.07) is 0.126. The van der Waals surface area contributed by atoms with Crippen molar-refractivity contribution in [3.05, 3.63) is 45.5 Å². The van der Waals surface area contributed by atoms with Crippen molar-refractivity contribution in [2.45, 2.75) is 50.4 Å². The van der Waals surface area contributed by atoms with E-state index in [1.807, 2.05) is 11.8 Å². The van der Waals surface area contributed by atoms with Crippen molar-refractivity contribution in [3.63, 3.8) is 0 Å². The molecule has 40 heavy (non-hydrogen) atoms. The van der Waals surface area contributed by atoms with Gasteiger partial charge in [-0.2, -0.15) is 0 Å². The van der Waals surface area contributed by atoms with E-state index in [0.29, 0.717) is 19.8 Å². The number of rotatable bonds is 6. The van der Waals surface area contributed by atoms with E-state index in [0.717, 1.165) is 6.42 Å². The van der Waals surface area contributed by atoms with Crippen LogP contribution in [0.1, 0.15) is 36.5 Å². The Kier molecular flexibility index (Phi) is 7.02. The maximum Gasteiger partial charge on any atom is 0.255 e. The number of halogens is 1. The molecule has 1 saturated carbocycles. The third kappa shape index (κ3) is 3.96. The van der Waals surface area contributed by atoms with Crippen molar-refractivity contribution >= 4 is 23.2 Å². The number of hydrogen-bond donors (Lipinski definition) is 5. The van der Waals surface area contributed by atoms with Gasteiger partial charge in [-0.25, -0.2) is 4.39 Å². The molecule has 0 spiro atoms. The molecule has 1 amide bonds. The minimum Gasteiger partial charge on any atom is -0.508 e. The highest BCUT2D eigenvalue weighted by Crippen LogP contribution is 2.53. The second-order valence-electron chi connectivity index (χ2n) is 11.3. The van der Waals surface area contributed by atoms with Gasteiger partial charge in [0.25, 0.3) is 5.91 Å². The van der Waals surface area contributed by atoms with Crippen molar-refractivity contribution in [3.8, 4) is 5.75 Å². The first-order valence-corrected chi connectivity index (χ1v) is 13.3. The molecule has 11 nitrogen and oxygen atoms in total. The van der Waals surface area contributed by atoms with Gasteiger partial charge in [0.15, 0.2) is 11.4 Å². The number of hydrogen-bond acceptors (Lipinski definition) is 10. The monoisotopic (exact) mass is 559 g/mol. The molecule has 0 aromatic heterocycles. The Hall–Kier alpha value is -3.32. The molecule has 1 aliphatic heterocycles. The lowest BCUT2D eigenvalue weighted by Gasteiger charge is -2.50. The van der Waals surface area contributed by atoms with Crippen LogP contribution in [0.15, 0.2) is 23.0 Å². The summed E-state index contributed by atoms with van der Waals surface area (Å²) >= 11 is 0. The number of Topliss-reactive ketones (excluding diaryl/α,β-unsaturated/α-hetero) is 2. The van der Waals surface area contributed by atoms with Crippen molar-refractivity contribution < 1.29 is 43.9 Å². The normalized spacial score (nSPS) is 30.2. The molecule has 1 aromatic carbocycles. The molecular weight excluding hydrogens is 525 g/mol. The molecule has 1 aromatic rings. The number of aliphatic hydroxyl groups is 3. The molecule has 0 unspecified atom stereocenters. The predicted octanol–water partition coefficient (Wildman–Crippen LogP) is 0.714. The van der Waals surface area contributed by atoms with E-state index < -0.39 is 69.6 Å². The summed E-state index contributed by atoms with van der Waals surface area (Å²) in [4.78, 5) is 42.6. The number of ketones is 2. The van der Waals surface area contributed by atoms with Crippen molar-refractivity contribution in [2.75, 3.05) is 33.9 Å². The first kappa shape index (κ1) is 28.2. The Balaban J connectivity index is 1.62. The van der Waals surface area contributed by atoms with Crippen molar-refractivity contribution in [1.82, 2.24) is 9.80 Å². The number of carbonyl (C=O) groups is 3. The quantitative estimate of drug-likeness (QED) is 0.312. The van der Waals surface area contributed by atoms with E-state index in [-0.39, 0.29) is 47.7 Å². The van der Waals surface area contributed by atoms with Gasteiger partial charge in [0, 0.05) is 41.8 Å². The SMILES string of the molecule is CCN(Cc1cc(O)c2c(c1F)C[C@H]1C[C@H]3[C@H](N(C)C)C(=O)C(C(N)=O)=C(O)[C@@]3(O)C(=O)C1=C2O)[C@@H]1CCOC1. The summed E-state index contributed by atoms with van der Waals surface area (Å²) in [6.45, 7) is 3.92. The average molecular weight is 560 g/mol. The fourth-order valence-corrected chi connectivity index (χ4v) is 6.99. The minimum atomic E-state index is -2.73. The zero-order valence-electron chi connectivity index (χ0n) is 22.6. The van der Waals surface area contributed by atoms with Gasteiger partial charge in [-0.15, -0.1) is 0 Å². The van der Waals surface area contributed by atoms with Gasteiger partial charge < -0.3 is 30.9 Å². The van der Waals surface area contributed by atoms with Crippen molar-refractivity contribution in [1.29, 1.82) is 0 Å². The molecule has 1 saturated heterocycles. The molecule has 2 fully saturated rings. The highest BCUT2D eigenvalue weighted by atomic mass is 19.1. The van der Waals surface area contributed by atoms with Crippen LogP contribution < -0.4 is 5.73 Å². The smallest absolute Gasteiger partial charge is 0.255 e. The maximum atomic E-state index is 16.0. The third-order valence-electron chi connectivity index (χ3n) is 8.93. The number of phenolic OH excluding ortho intramolecular Hbond substituents is 1. The highest BCUT2D eigenvalue weighted by molar-refractivity contribution is 6.24. The Morgan fingerprint density at radius 3 is 2.52 bits per heavy atom. The summed E-state index contributed by atoms with van der Waals surface area (Å²) in [5, 5.41) is 44.7. The van der Waals surface area contributed by atoms with E-state index in [9.17, 15) is 34.8 Å². The number of aromatic hydroxyl groups is 1. The van der Waals surface area contributed by atoms with E-state index in [4.69, 9.17) is 10.5 Å². The number of phenols is 1. The number of ether oxygens (including phenoxy) is 1. The van der Waals surface area contributed by atoms with Crippen LogP contribution in [0.4, 0.5) is 4.39 Å². The van der Waals surface area contributed by atoms with Crippen LogP contribution in [0.25, 0.3) is 5.76 Å². The number of fused-ring (bicyclic) bond motifs is 3. The minimum absolute atomic E-state index is 0.0272.